The molecule has 0 heterocycles. The summed E-state index contributed by atoms with van der Waals surface area (Å²) in [5.74, 6) is -1.60. The molecule has 0 bridgehead atoms. The van der Waals surface area contributed by atoms with Crippen molar-refractivity contribution in [2.75, 3.05) is 6.54 Å². The first-order chi connectivity index (χ1) is 8.84. The van der Waals surface area contributed by atoms with Crippen molar-refractivity contribution in [3.63, 3.8) is 0 Å². The first-order valence-corrected chi connectivity index (χ1v) is 7.06. The molecule has 0 aromatic rings. The molecule has 114 valence electrons. The topological polar surface area (TPSA) is 77.8 Å². The van der Waals surface area contributed by atoms with E-state index in [0.29, 0.717) is 12.5 Å². The zero-order valence-corrected chi connectivity index (χ0v) is 12.4. The van der Waals surface area contributed by atoms with Gasteiger partial charge in [0.25, 0.3) is 0 Å². The van der Waals surface area contributed by atoms with Crippen LogP contribution >= 0.6 is 0 Å². The van der Waals surface area contributed by atoms with Gasteiger partial charge in [-0.05, 0) is 26.2 Å². The van der Waals surface area contributed by atoms with E-state index >= 15 is 0 Å². The van der Waals surface area contributed by atoms with Gasteiger partial charge in [-0.3, -0.25) is 14.5 Å². The van der Waals surface area contributed by atoms with Crippen LogP contribution in [0.1, 0.15) is 53.4 Å². The van der Waals surface area contributed by atoms with Crippen molar-refractivity contribution >= 4 is 41.5 Å². The van der Waals surface area contributed by atoms with E-state index in [1.54, 1.807) is 18.7 Å². The van der Waals surface area contributed by atoms with Crippen LogP contribution in [0.15, 0.2) is 0 Å². The molecular weight excluding hydrogens is 269 g/mol. The summed E-state index contributed by atoms with van der Waals surface area (Å²) in [6, 6.07) is -1.55. The number of aliphatic carboxylic acids is 2. The molecule has 6 heteroatoms. The summed E-state index contributed by atoms with van der Waals surface area (Å²) in [4.78, 5) is 23.8. The molecule has 0 aliphatic rings. The Kier molecular flexibility index (Phi) is 12.8. The zero-order valence-electron chi connectivity index (χ0n) is 12.4. The van der Waals surface area contributed by atoms with Gasteiger partial charge in [-0.1, -0.05) is 33.1 Å². The maximum absolute atomic E-state index is 11.1. The number of carboxylic acids is 2. The van der Waals surface area contributed by atoms with Crippen LogP contribution in [0.2, 0.25) is 0 Å². The van der Waals surface area contributed by atoms with Crippen LogP contribution in [0.3, 0.4) is 0 Å². The van der Waals surface area contributed by atoms with Crippen LogP contribution in [0, 0.1) is 5.92 Å². The number of hydrogen-bond donors (Lipinski definition) is 2. The number of unbranched alkanes of at least 4 members (excludes halogenated alkanes) is 1. The van der Waals surface area contributed by atoms with Crippen molar-refractivity contribution in [3.05, 3.63) is 0 Å². The van der Waals surface area contributed by atoms with Crippen LogP contribution in [-0.2, 0) is 9.59 Å². The van der Waals surface area contributed by atoms with Crippen molar-refractivity contribution in [1.29, 1.82) is 0 Å². The van der Waals surface area contributed by atoms with Gasteiger partial charge >= 0.3 is 41.5 Å². The van der Waals surface area contributed by atoms with E-state index < -0.39 is 24.0 Å². The van der Waals surface area contributed by atoms with E-state index in [1.807, 2.05) is 0 Å². The quantitative estimate of drug-likeness (QED) is 0.601. The predicted octanol–water partition coefficient (Wildman–Crippen LogP) is 1.80. The molecule has 0 aliphatic heterocycles. The van der Waals surface area contributed by atoms with Crippen LogP contribution in [0.5, 0.6) is 0 Å². The molecule has 3 unspecified atom stereocenters. The van der Waals surface area contributed by atoms with E-state index in [-0.39, 0.29) is 29.6 Å². The third-order valence-corrected chi connectivity index (χ3v) is 3.72. The Labute approximate surface area is 144 Å². The first kappa shape index (κ1) is 22.2. The fourth-order valence-corrected chi connectivity index (χ4v) is 2.15. The molecule has 0 amide bonds. The van der Waals surface area contributed by atoms with Gasteiger partial charge in [0.15, 0.2) is 0 Å². The minimum atomic E-state index is -0.974. The first-order valence-electron chi connectivity index (χ1n) is 7.06. The molecule has 0 aromatic heterocycles. The fraction of sp³-hybridized carbons (Fsp3) is 0.857. The summed E-state index contributed by atoms with van der Waals surface area (Å²) >= 11 is 0. The van der Waals surface area contributed by atoms with Crippen LogP contribution in [-0.4, -0.2) is 75.2 Å². The molecule has 0 fully saturated rings. The molecule has 0 aromatic carbocycles. The molecule has 0 saturated carbocycles. The van der Waals surface area contributed by atoms with Gasteiger partial charge in [-0.15, -0.1) is 0 Å². The van der Waals surface area contributed by atoms with Crippen molar-refractivity contribution < 1.29 is 19.8 Å². The second-order valence-electron chi connectivity index (χ2n) is 5.14. The summed E-state index contributed by atoms with van der Waals surface area (Å²) in [6.45, 7) is 7.81. The molecule has 0 saturated heterocycles. The predicted molar refractivity (Wildman–Crippen MR) is 81.4 cm³/mol. The van der Waals surface area contributed by atoms with E-state index in [9.17, 15) is 9.59 Å². The average molecular weight is 297 g/mol. The van der Waals surface area contributed by atoms with Crippen molar-refractivity contribution in [1.82, 2.24) is 4.90 Å². The Morgan fingerprint density at radius 1 is 1.05 bits per heavy atom. The van der Waals surface area contributed by atoms with Gasteiger partial charge in [0.1, 0.15) is 12.1 Å². The number of rotatable bonds is 10. The second kappa shape index (κ2) is 11.5. The Morgan fingerprint density at radius 3 is 1.80 bits per heavy atom. The average Bonchev–Trinajstić information content (AvgIpc) is 2.37. The third-order valence-electron chi connectivity index (χ3n) is 3.72. The van der Waals surface area contributed by atoms with Crippen molar-refractivity contribution in [2.45, 2.75) is 65.5 Å². The number of carboxylic acid groups (broad SMARTS) is 2. The van der Waals surface area contributed by atoms with Gasteiger partial charge in [0, 0.05) is 6.54 Å². The molecule has 20 heavy (non-hydrogen) atoms. The van der Waals surface area contributed by atoms with E-state index in [1.165, 1.54) is 0 Å². The van der Waals surface area contributed by atoms with Crippen LogP contribution < -0.4 is 0 Å². The van der Waals surface area contributed by atoms with E-state index in [2.05, 4.69) is 13.8 Å². The molecule has 2 N–H and O–H groups in total. The number of nitrogens with zero attached hydrogens (tertiary/aromatic N) is 1. The molecule has 0 aliphatic carbocycles. The van der Waals surface area contributed by atoms with Crippen LogP contribution in [0.25, 0.3) is 0 Å². The zero-order chi connectivity index (χ0) is 15.0. The van der Waals surface area contributed by atoms with E-state index in [0.717, 1.165) is 25.7 Å². The normalized spacial score (nSPS) is 15.2. The van der Waals surface area contributed by atoms with Gasteiger partial charge in [-0.25, -0.2) is 0 Å². The van der Waals surface area contributed by atoms with Crippen LogP contribution in [0.4, 0.5) is 0 Å². The van der Waals surface area contributed by atoms with Gasteiger partial charge in [0.05, 0.1) is 0 Å². The summed E-state index contributed by atoms with van der Waals surface area (Å²) in [5, 5.41) is 18.2. The van der Waals surface area contributed by atoms with Gasteiger partial charge in [0.2, 0.25) is 0 Å². The summed E-state index contributed by atoms with van der Waals surface area (Å²) in [5.41, 5.74) is 0. The van der Waals surface area contributed by atoms with Crippen molar-refractivity contribution in [3.8, 4) is 0 Å². The van der Waals surface area contributed by atoms with Gasteiger partial charge < -0.3 is 10.2 Å². The maximum atomic E-state index is 11.1. The molecule has 0 spiro atoms. The van der Waals surface area contributed by atoms with Crippen molar-refractivity contribution in [2.24, 2.45) is 5.92 Å². The number of carbonyl (C=O) groups is 2. The van der Waals surface area contributed by atoms with E-state index in [4.69, 9.17) is 10.2 Å². The molecule has 0 rings (SSSR count). The summed E-state index contributed by atoms with van der Waals surface area (Å²) in [6.07, 6.45) is 4.14. The Bertz CT molecular complexity index is 279. The Balaban J connectivity index is 0. The standard InChI is InChI=1S/C14H27NO4.Na.H/c1-5-7-8-12(6-2)9-15(10(3)13(16)17)11(4)14(18)19;;/h10-12H,5-9H2,1-4H3,(H,16,17)(H,18,19);;. The Hall–Kier alpha value is -0.100. The van der Waals surface area contributed by atoms with Gasteiger partial charge in [-0.2, -0.15) is 0 Å². The monoisotopic (exact) mass is 297 g/mol. The molecular formula is C14H28NNaO4. The number of hydrogen-bond acceptors (Lipinski definition) is 3. The molecule has 5 nitrogen and oxygen atoms in total. The molecule has 3 atom stereocenters. The summed E-state index contributed by atoms with van der Waals surface area (Å²) < 4.78 is 0. The molecule has 0 radical (unpaired) electrons. The Morgan fingerprint density at radius 2 is 1.50 bits per heavy atom. The minimum absolute atomic E-state index is 0. The third kappa shape index (κ3) is 7.62. The summed E-state index contributed by atoms with van der Waals surface area (Å²) in [7, 11) is 0. The second-order valence-corrected chi connectivity index (χ2v) is 5.14. The SMILES string of the molecule is CCCCC(CC)CN(C(C)C(=O)O)C(C)C(=O)O.[NaH]. The fourth-order valence-electron chi connectivity index (χ4n) is 2.15.